The number of aromatic nitrogens is 2. The largest absolute Gasteiger partial charge is 0.392 e. The summed E-state index contributed by atoms with van der Waals surface area (Å²) in [5.74, 6) is -0.500. The number of rotatable bonds is 8. The Kier molecular flexibility index (Phi) is 8.13. The summed E-state index contributed by atoms with van der Waals surface area (Å²) in [6, 6.07) is 39.0. The van der Waals surface area contributed by atoms with Crippen LogP contribution >= 0.6 is 0 Å². The SMILES string of the molecule is C[C@@H]1[C@H](Cn2cnc3ccccc32)O[C@H](c2ccc(-c3cccc(CN4C(=O)c5ccccc5C4=O)c3)cc2)O[C@@H]1c1ccc(CO)cc1. The maximum atomic E-state index is 13.0. The molecule has 4 atom stereocenters. The van der Waals surface area contributed by atoms with Crippen LogP contribution in [0.15, 0.2) is 128 Å². The van der Waals surface area contributed by atoms with Crippen molar-refractivity contribution >= 4 is 22.8 Å². The first kappa shape index (κ1) is 30.9. The number of carbonyl (C=O) groups excluding carboxylic acids is 2. The van der Waals surface area contributed by atoms with Gasteiger partial charge in [0.05, 0.1) is 60.4 Å². The van der Waals surface area contributed by atoms with Crippen molar-refractivity contribution in [1.29, 1.82) is 0 Å². The van der Waals surface area contributed by atoms with Crippen LogP contribution in [0.2, 0.25) is 0 Å². The van der Waals surface area contributed by atoms with Crippen molar-refractivity contribution in [2.24, 2.45) is 5.92 Å². The molecule has 5 aromatic carbocycles. The second-order valence-electron chi connectivity index (χ2n) is 12.8. The summed E-state index contributed by atoms with van der Waals surface area (Å²) in [6.07, 6.45) is 0.864. The molecule has 2 aliphatic rings. The number of nitrogens with zero attached hydrogens (tertiary/aromatic N) is 3. The Balaban J connectivity index is 1.04. The molecule has 8 rings (SSSR count). The Labute approximate surface area is 284 Å². The standard InChI is InChI=1S/C41H35N3O5/c1-26-37(23-43-25-42-35-11-4-5-12-36(35)43)48-41(49-38(26)30-15-13-27(24-45)14-16-30)31-19-17-29(18-20-31)32-8-6-7-28(21-32)22-44-39(46)33-9-2-3-10-34(33)40(44)47/h2-21,25-26,37-38,41,45H,22-24H2,1H3/t26-,37+,38+,41+/m1/s1. The van der Waals surface area contributed by atoms with Gasteiger partial charge in [0.1, 0.15) is 0 Å². The predicted octanol–water partition coefficient (Wildman–Crippen LogP) is 7.48. The van der Waals surface area contributed by atoms with E-state index in [-0.39, 0.29) is 43.1 Å². The molecule has 0 spiro atoms. The summed E-state index contributed by atoms with van der Waals surface area (Å²) < 4.78 is 15.5. The fraction of sp³-hybridized carbons (Fsp3) is 0.195. The number of imide groups is 1. The van der Waals surface area contributed by atoms with Gasteiger partial charge in [0.2, 0.25) is 0 Å². The van der Waals surface area contributed by atoms with Crippen LogP contribution in [0.25, 0.3) is 22.2 Å². The van der Waals surface area contributed by atoms with E-state index in [1.165, 1.54) is 4.90 Å². The molecular weight excluding hydrogens is 614 g/mol. The molecule has 0 saturated carbocycles. The lowest BCUT2D eigenvalue weighted by Gasteiger charge is -2.41. The fourth-order valence-electron chi connectivity index (χ4n) is 6.92. The number of aliphatic hydroxyl groups excluding tert-OH is 1. The Hall–Kier alpha value is -5.41. The maximum absolute atomic E-state index is 13.0. The summed E-state index contributed by atoms with van der Waals surface area (Å²) in [5.41, 5.74) is 8.52. The van der Waals surface area contributed by atoms with E-state index in [4.69, 9.17) is 9.47 Å². The highest BCUT2D eigenvalue weighted by Crippen LogP contribution is 2.42. The average Bonchev–Trinajstić information content (AvgIpc) is 3.66. The van der Waals surface area contributed by atoms with Crippen molar-refractivity contribution in [1.82, 2.24) is 14.5 Å². The molecule has 0 aliphatic carbocycles. The van der Waals surface area contributed by atoms with Gasteiger partial charge in [0, 0.05) is 11.5 Å². The van der Waals surface area contributed by atoms with Crippen molar-refractivity contribution in [3.63, 3.8) is 0 Å². The normalized spacial score (nSPS) is 20.6. The lowest BCUT2D eigenvalue weighted by molar-refractivity contribution is -0.276. The van der Waals surface area contributed by atoms with Crippen molar-refractivity contribution in [2.75, 3.05) is 0 Å². The molecule has 244 valence electrons. The van der Waals surface area contributed by atoms with Gasteiger partial charge in [-0.1, -0.05) is 97.9 Å². The summed E-state index contributed by atoms with van der Waals surface area (Å²) in [5, 5.41) is 9.60. The minimum absolute atomic E-state index is 0.0125. The van der Waals surface area contributed by atoms with Crippen molar-refractivity contribution in [3.05, 3.63) is 161 Å². The van der Waals surface area contributed by atoms with E-state index in [0.29, 0.717) is 17.7 Å². The van der Waals surface area contributed by atoms with Gasteiger partial charge in [0.25, 0.3) is 11.8 Å². The van der Waals surface area contributed by atoms with Crippen molar-refractivity contribution in [2.45, 2.75) is 45.1 Å². The van der Waals surface area contributed by atoms with Crippen LogP contribution < -0.4 is 0 Å². The lowest BCUT2D eigenvalue weighted by Crippen LogP contribution is -2.39. The van der Waals surface area contributed by atoms with E-state index in [0.717, 1.165) is 44.4 Å². The monoisotopic (exact) mass is 649 g/mol. The number of amides is 2. The highest BCUT2D eigenvalue weighted by molar-refractivity contribution is 6.21. The van der Waals surface area contributed by atoms with Gasteiger partial charge < -0.3 is 19.1 Å². The summed E-state index contributed by atoms with van der Waals surface area (Å²) in [6.45, 7) is 2.96. The topological polar surface area (TPSA) is 93.9 Å². The highest BCUT2D eigenvalue weighted by atomic mass is 16.7. The number of benzene rings is 5. The smallest absolute Gasteiger partial charge is 0.261 e. The molecule has 0 bridgehead atoms. The van der Waals surface area contributed by atoms with Gasteiger partial charge in [0.15, 0.2) is 6.29 Å². The zero-order valence-corrected chi connectivity index (χ0v) is 27.0. The predicted molar refractivity (Wildman–Crippen MR) is 185 cm³/mol. The molecule has 8 heteroatoms. The van der Waals surface area contributed by atoms with Crippen LogP contribution in [0.3, 0.4) is 0 Å². The molecule has 2 aliphatic heterocycles. The van der Waals surface area contributed by atoms with Crippen LogP contribution in [-0.2, 0) is 29.2 Å². The summed E-state index contributed by atoms with van der Waals surface area (Å²) in [7, 11) is 0. The highest BCUT2D eigenvalue weighted by Gasteiger charge is 2.39. The van der Waals surface area contributed by atoms with E-state index in [2.05, 4.69) is 22.5 Å². The number of ether oxygens (including phenoxy) is 2. The number of hydrogen-bond acceptors (Lipinski definition) is 6. The van der Waals surface area contributed by atoms with E-state index in [1.807, 2.05) is 97.3 Å². The van der Waals surface area contributed by atoms with E-state index < -0.39 is 6.29 Å². The zero-order valence-electron chi connectivity index (χ0n) is 27.0. The minimum Gasteiger partial charge on any atom is -0.392 e. The molecule has 1 saturated heterocycles. The van der Waals surface area contributed by atoms with Crippen LogP contribution in [0.5, 0.6) is 0 Å². The van der Waals surface area contributed by atoms with E-state index >= 15 is 0 Å². The van der Waals surface area contributed by atoms with E-state index in [1.54, 1.807) is 24.3 Å². The van der Waals surface area contributed by atoms with Gasteiger partial charge in [-0.3, -0.25) is 14.5 Å². The second kappa shape index (κ2) is 12.9. The third-order valence-corrected chi connectivity index (χ3v) is 9.69. The first-order valence-corrected chi connectivity index (χ1v) is 16.5. The number of fused-ring (bicyclic) bond motifs is 2. The molecule has 1 fully saturated rings. The Morgan fingerprint density at radius 2 is 1.41 bits per heavy atom. The first-order chi connectivity index (χ1) is 24.0. The van der Waals surface area contributed by atoms with Crippen LogP contribution in [0, 0.1) is 5.92 Å². The number of imidazole rings is 1. The maximum Gasteiger partial charge on any atom is 0.261 e. The number of hydrogen-bond donors (Lipinski definition) is 1. The number of aliphatic hydroxyl groups is 1. The lowest BCUT2D eigenvalue weighted by atomic mass is 9.90. The first-order valence-electron chi connectivity index (χ1n) is 16.5. The molecule has 3 heterocycles. The summed E-state index contributed by atoms with van der Waals surface area (Å²) >= 11 is 0. The van der Waals surface area contributed by atoms with Gasteiger partial charge >= 0.3 is 0 Å². The molecule has 2 amide bonds. The van der Waals surface area contributed by atoms with Crippen molar-refractivity contribution in [3.8, 4) is 11.1 Å². The molecular formula is C41H35N3O5. The van der Waals surface area contributed by atoms with Gasteiger partial charge in [-0.15, -0.1) is 0 Å². The molecule has 49 heavy (non-hydrogen) atoms. The molecule has 6 aromatic rings. The summed E-state index contributed by atoms with van der Waals surface area (Å²) in [4.78, 5) is 31.8. The van der Waals surface area contributed by atoms with Crippen molar-refractivity contribution < 1.29 is 24.2 Å². The fourth-order valence-corrected chi connectivity index (χ4v) is 6.92. The average molecular weight is 650 g/mol. The van der Waals surface area contributed by atoms with Gasteiger partial charge in [-0.2, -0.15) is 0 Å². The van der Waals surface area contributed by atoms with E-state index in [9.17, 15) is 14.7 Å². The number of carbonyl (C=O) groups is 2. The molecule has 8 nitrogen and oxygen atoms in total. The molecule has 0 unspecified atom stereocenters. The molecule has 1 N–H and O–H groups in total. The Morgan fingerprint density at radius 3 is 2.14 bits per heavy atom. The van der Waals surface area contributed by atoms with Crippen LogP contribution in [-0.4, -0.2) is 37.5 Å². The second-order valence-corrected chi connectivity index (χ2v) is 12.8. The minimum atomic E-state index is -0.604. The van der Waals surface area contributed by atoms with Gasteiger partial charge in [-0.25, -0.2) is 4.98 Å². The third-order valence-electron chi connectivity index (χ3n) is 9.69. The molecule has 1 aromatic heterocycles. The quantitative estimate of drug-likeness (QED) is 0.172. The Bertz CT molecular complexity index is 2120. The van der Waals surface area contributed by atoms with Gasteiger partial charge in [-0.05, 0) is 58.1 Å². The zero-order chi connectivity index (χ0) is 33.5. The Morgan fingerprint density at radius 1 is 0.714 bits per heavy atom. The molecule has 0 radical (unpaired) electrons. The van der Waals surface area contributed by atoms with Crippen LogP contribution in [0.4, 0.5) is 0 Å². The number of para-hydroxylation sites is 2. The van der Waals surface area contributed by atoms with Crippen LogP contribution in [0.1, 0.15) is 62.3 Å². The third kappa shape index (κ3) is 5.84.